The topological polar surface area (TPSA) is 43.6 Å². The van der Waals surface area contributed by atoms with E-state index in [-0.39, 0.29) is 5.82 Å². The summed E-state index contributed by atoms with van der Waals surface area (Å²) < 4.78 is 15.9. The summed E-state index contributed by atoms with van der Waals surface area (Å²) in [7, 11) is 0. The molecular weight excluding hydrogens is 323 g/mol. The summed E-state index contributed by atoms with van der Waals surface area (Å²) in [4.78, 5) is 4.63. The van der Waals surface area contributed by atoms with Crippen molar-refractivity contribution in [2.75, 3.05) is 0 Å². The molecular formula is C18H15FN4S. The molecule has 0 saturated heterocycles. The third kappa shape index (κ3) is 3.05. The molecule has 0 aliphatic heterocycles. The van der Waals surface area contributed by atoms with Crippen LogP contribution in [0.2, 0.25) is 0 Å². The highest BCUT2D eigenvalue weighted by atomic mass is 32.1. The van der Waals surface area contributed by atoms with Crippen LogP contribution in [-0.2, 0) is 13.0 Å². The lowest BCUT2D eigenvalue weighted by atomic mass is 10.1. The Hall–Kier alpha value is -2.60. The Morgan fingerprint density at radius 1 is 1.12 bits per heavy atom. The van der Waals surface area contributed by atoms with Crippen LogP contribution in [0.3, 0.4) is 0 Å². The van der Waals surface area contributed by atoms with Gasteiger partial charge in [0.1, 0.15) is 16.5 Å². The molecule has 6 heteroatoms. The maximum absolute atomic E-state index is 12.9. The molecule has 0 aliphatic carbocycles. The minimum Gasteiger partial charge on any atom is -0.251 e. The SMILES string of the molecule is Cc1ccc2nc(-c3cn(CCc4ccc(F)cc4)nn3)sc2c1. The molecule has 0 bridgehead atoms. The predicted molar refractivity (Wildman–Crippen MR) is 93.5 cm³/mol. The summed E-state index contributed by atoms with van der Waals surface area (Å²) in [5.41, 5.74) is 4.07. The summed E-state index contributed by atoms with van der Waals surface area (Å²) in [6.07, 6.45) is 2.69. The van der Waals surface area contributed by atoms with Crippen molar-refractivity contribution in [1.29, 1.82) is 0 Å². The highest BCUT2D eigenvalue weighted by molar-refractivity contribution is 7.21. The molecule has 24 heavy (non-hydrogen) atoms. The summed E-state index contributed by atoms with van der Waals surface area (Å²) in [5, 5.41) is 9.28. The van der Waals surface area contributed by atoms with Crippen molar-refractivity contribution in [3.63, 3.8) is 0 Å². The van der Waals surface area contributed by atoms with E-state index in [1.165, 1.54) is 17.7 Å². The minimum absolute atomic E-state index is 0.215. The molecule has 2 heterocycles. The highest BCUT2D eigenvalue weighted by Gasteiger charge is 2.10. The van der Waals surface area contributed by atoms with Gasteiger partial charge in [-0.15, -0.1) is 16.4 Å². The van der Waals surface area contributed by atoms with Crippen molar-refractivity contribution in [3.05, 3.63) is 65.6 Å². The van der Waals surface area contributed by atoms with Gasteiger partial charge in [0.2, 0.25) is 0 Å². The monoisotopic (exact) mass is 338 g/mol. The molecule has 0 amide bonds. The molecule has 0 spiro atoms. The van der Waals surface area contributed by atoms with E-state index in [9.17, 15) is 4.39 Å². The zero-order valence-electron chi connectivity index (χ0n) is 13.1. The van der Waals surface area contributed by atoms with Gasteiger partial charge in [-0.2, -0.15) is 0 Å². The van der Waals surface area contributed by atoms with E-state index in [2.05, 4.69) is 34.4 Å². The predicted octanol–water partition coefficient (Wildman–Crippen LogP) is 4.25. The van der Waals surface area contributed by atoms with Crippen molar-refractivity contribution in [2.45, 2.75) is 19.9 Å². The van der Waals surface area contributed by atoms with E-state index < -0.39 is 0 Å². The Morgan fingerprint density at radius 2 is 1.96 bits per heavy atom. The number of aryl methyl sites for hydroxylation is 3. The number of thiazole rings is 1. The second-order valence-electron chi connectivity index (χ2n) is 5.73. The van der Waals surface area contributed by atoms with Crippen LogP contribution in [0.1, 0.15) is 11.1 Å². The zero-order chi connectivity index (χ0) is 16.5. The molecule has 4 rings (SSSR count). The first-order valence-electron chi connectivity index (χ1n) is 7.69. The number of benzene rings is 2. The van der Waals surface area contributed by atoms with Crippen molar-refractivity contribution in [3.8, 4) is 10.7 Å². The molecule has 4 aromatic rings. The largest absolute Gasteiger partial charge is 0.251 e. The van der Waals surface area contributed by atoms with Crippen LogP contribution in [0, 0.1) is 12.7 Å². The first-order valence-corrected chi connectivity index (χ1v) is 8.51. The molecule has 0 radical (unpaired) electrons. The third-order valence-corrected chi connectivity index (χ3v) is 4.89. The van der Waals surface area contributed by atoms with Gasteiger partial charge in [0, 0.05) is 6.54 Å². The van der Waals surface area contributed by atoms with Crippen molar-refractivity contribution < 1.29 is 4.39 Å². The Kier molecular flexibility index (Phi) is 3.82. The van der Waals surface area contributed by atoms with Crippen LogP contribution in [0.15, 0.2) is 48.7 Å². The fourth-order valence-electron chi connectivity index (χ4n) is 2.54. The van der Waals surface area contributed by atoms with Crippen LogP contribution in [0.4, 0.5) is 4.39 Å². The van der Waals surface area contributed by atoms with E-state index in [1.807, 2.05) is 12.3 Å². The standard InChI is InChI=1S/C18H15FN4S/c1-12-2-7-15-17(10-12)24-18(20-15)16-11-23(22-21-16)9-8-13-3-5-14(19)6-4-13/h2-7,10-11H,8-9H2,1H3. The number of nitrogens with zero attached hydrogens (tertiary/aromatic N) is 4. The molecule has 2 aromatic carbocycles. The molecule has 0 aliphatic rings. The van der Waals surface area contributed by atoms with Gasteiger partial charge in [-0.3, -0.25) is 4.68 Å². The summed E-state index contributed by atoms with van der Waals surface area (Å²) in [6.45, 7) is 2.77. The Labute approximate surface area is 142 Å². The van der Waals surface area contributed by atoms with Gasteiger partial charge in [0.15, 0.2) is 0 Å². The summed E-state index contributed by atoms with van der Waals surface area (Å²) >= 11 is 1.63. The van der Waals surface area contributed by atoms with Crippen molar-refractivity contribution in [1.82, 2.24) is 20.0 Å². The summed E-state index contributed by atoms with van der Waals surface area (Å²) in [6, 6.07) is 12.8. The Bertz CT molecular complexity index is 988. The Morgan fingerprint density at radius 3 is 2.79 bits per heavy atom. The quantitative estimate of drug-likeness (QED) is 0.559. The lowest BCUT2D eigenvalue weighted by Crippen LogP contribution is -2.02. The second-order valence-corrected chi connectivity index (χ2v) is 6.76. The number of rotatable bonds is 4. The van der Waals surface area contributed by atoms with Crippen molar-refractivity contribution >= 4 is 21.6 Å². The second kappa shape index (κ2) is 6.13. The van der Waals surface area contributed by atoms with E-state index in [0.29, 0.717) is 6.54 Å². The molecule has 0 N–H and O–H groups in total. The van der Waals surface area contributed by atoms with Crippen LogP contribution in [-0.4, -0.2) is 20.0 Å². The summed E-state index contributed by atoms with van der Waals surface area (Å²) in [5.74, 6) is -0.215. The van der Waals surface area contributed by atoms with Gasteiger partial charge in [-0.1, -0.05) is 23.4 Å². The van der Waals surface area contributed by atoms with Gasteiger partial charge in [-0.25, -0.2) is 9.37 Å². The van der Waals surface area contributed by atoms with Crippen LogP contribution in [0.25, 0.3) is 20.9 Å². The average molecular weight is 338 g/mol. The lowest BCUT2D eigenvalue weighted by Gasteiger charge is -2.00. The lowest BCUT2D eigenvalue weighted by molar-refractivity contribution is 0.587. The fraction of sp³-hybridized carbons (Fsp3) is 0.167. The number of aromatic nitrogens is 4. The van der Waals surface area contributed by atoms with Gasteiger partial charge in [-0.05, 0) is 48.7 Å². The van der Waals surface area contributed by atoms with Gasteiger partial charge >= 0.3 is 0 Å². The average Bonchev–Trinajstić information content (AvgIpc) is 3.20. The van der Waals surface area contributed by atoms with Crippen LogP contribution >= 0.6 is 11.3 Å². The number of fused-ring (bicyclic) bond motifs is 1. The minimum atomic E-state index is -0.215. The molecule has 0 atom stereocenters. The third-order valence-electron chi connectivity index (χ3n) is 3.84. The van der Waals surface area contributed by atoms with E-state index in [0.717, 1.165) is 32.9 Å². The maximum Gasteiger partial charge on any atom is 0.146 e. The first-order chi connectivity index (χ1) is 11.7. The van der Waals surface area contributed by atoms with E-state index >= 15 is 0 Å². The van der Waals surface area contributed by atoms with Crippen LogP contribution < -0.4 is 0 Å². The van der Waals surface area contributed by atoms with E-state index in [4.69, 9.17) is 0 Å². The fourth-order valence-corrected chi connectivity index (χ4v) is 3.56. The molecule has 4 nitrogen and oxygen atoms in total. The highest BCUT2D eigenvalue weighted by Crippen LogP contribution is 2.29. The van der Waals surface area contributed by atoms with E-state index in [1.54, 1.807) is 28.2 Å². The van der Waals surface area contributed by atoms with Gasteiger partial charge in [0.25, 0.3) is 0 Å². The molecule has 0 unspecified atom stereocenters. The molecule has 2 aromatic heterocycles. The molecule has 0 saturated carbocycles. The molecule has 0 fully saturated rings. The normalized spacial score (nSPS) is 11.2. The maximum atomic E-state index is 12.9. The number of hydrogen-bond acceptors (Lipinski definition) is 4. The number of halogens is 1. The van der Waals surface area contributed by atoms with Crippen molar-refractivity contribution in [2.24, 2.45) is 0 Å². The number of hydrogen-bond donors (Lipinski definition) is 0. The Balaban J connectivity index is 1.52. The van der Waals surface area contributed by atoms with Gasteiger partial charge in [0.05, 0.1) is 16.4 Å². The molecule has 120 valence electrons. The smallest absolute Gasteiger partial charge is 0.146 e. The first kappa shape index (κ1) is 15.0. The van der Waals surface area contributed by atoms with Crippen LogP contribution in [0.5, 0.6) is 0 Å². The van der Waals surface area contributed by atoms with Gasteiger partial charge < -0.3 is 0 Å². The zero-order valence-corrected chi connectivity index (χ0v) is 13.9.